The normalized spacial score (nSPS) is 14.2. The predicted octanol–water partition coefficient (Wildman–Crippen LogP) is 2.03. The van der Waals surface area contributed by atoms with Gasteiger partial charge < -0.3 is 14.8 Å². The van der Waals surface area contributed by atoms with E-state index in [0.717, 1.165) is 5.56 Å². The number of carbonyl (C=O) groups is 1. The number of rotatable bonds is 7. The number of fused-ring (bicyclic) bond motifs is 1. The van der Waals surface area contributed by atoms with Crippen molar-refractivity contribution in [1.82, 2.24) is 10.0 Å². The fourth-order valence-corrected chi connectivity index (χ4v) is 4.04. The van der Waals surface area contributed by atoms with Crippen LogP contribution in [0.25, 0.3) is 0 Å². The summed E-state index contributed by atoms with van der Waals surface area (Å²) in [6.45, 7) is 4.02. The Morgan fingerprint density at radius 1 is 1.07 bits per heavy atom. The molecule has 0 saturated heterocycles. The van der Waals surface area contributed by atoms with Crippen LogP contribution in [-0.2, 0) is 21.4 Å². The summed E-state index contributed by atoms with van der Waals surface area (Å²) < 4.78 is 38.1. The van der Waals surface area contributed by atoms with E-state index >= 15 is 0 Å². The zero-order chi connectivity index (χ0) is 19.4. The van der Waals surface area contributed by atoms with Crippen LogP contribution in [0.2, 0.25) is 0 Å². The molecule has 0 aliphatic carbocycles. The lowest BCUT2D eigenvalue weighted by atomic mass is 10.0. The minimum Gasteiger partial charge on any atom is -0.454 e. The summed E-state index contributed by atoms with van der Waals surface area (Å²) in [7, 11) is -3.79. The minimum atomic E-state index is -3.79. The molecule has 1 aliphatic heterocycles. The van der Waals surface area contributed by atoms with E-state index in [2.05, 4.69) is 10.0 Å². The molecule has 144 valence electrons. The first-order valence-corrected chi connectivity index (χ1v) is 10.1. The molecule has 2 aromatic rings. The molecule has 0 radical (unpaired) electrons. The van der Waals surface area contributed by atoms with Crippen molar-refractivity contribution in [2.45, 2.75) is 31.3 Å². The number of nitrogens with one attached hydrogen (secondary N) is 2. The second kappa shape index (κ2) is 7.98. The van der Waals surface area contributed by atoms with Gasteiger partial charge in [0.05, 0.1) is 4.90 Å². The van der Waals surface area contributed by atoms with E-state index < -0.39 is 16.1 Å². The Kier molecular flexibility index (Phi) is 5.67. The van der Waals surface area contributed by atoms with E-state index in [1.165, 1.54) is 12.1 Å². The van der Waals surface area contributed by atoms with Crippen LogP contribution in [0, 0.1) is 5.92 Å². The lowest BCUT2D eigenvalue weighted by Crippen LogP contribution is -2.49. The molecule has 8 heteroatoms. The van der Waals surface area contributed by atoms with Gasteiger partial charge in [0, 0.05) is 6.54 Å². The van der Waals surface area contributed by atoms with Crippen molar-refractivity contribution in [2.75, 3.05) is 6.79 Å². The summed E-state index contributed by atoms with van der Waals surface area (Å²) in [5.74, 6) is 0.690. The van der Waals surface area contributed by atoms with Crippen LogP contribution in [0.1, 0.15) is 19.4 Å². The third kappa shape index (κ3) is 4.58. The third-order valence-corrected chi connectivity index (χ3v) is 5.65. The van der Waals surface area contributed by atoms with Gasteiger partial charge in [0.2, 0.25) is 22.7 Å². The van der Waals surface area contributed by atoms with Gasteiger partial charge in [0.25, 0.3) is 0 Å². The Bertz CT molecular complexity index is 913. The molecule has 0 saturated carbocycles. The van der Waals surface area contributed by atoms with E-state index in [0.29, 0.717) is 11.5 Å². The highest BCUT2D eigenvalue weighted by molar-refractivity contribution is 7.89. The fourth-order valence-electron chi connectivity index (χ4n) is 2.68. The van der Waals surface area contributed by atoms with Crippen molar-refractivity contribution in [3.63, 3.8) is 0 Å². The number of hydrogen-bond acceptors (Lipinski definition) is 5. The maximum Gasteiger partial charge on any atom is 0.241 e. The maximum atomic E-state index is 12.6. The summed E-state index contributed by atoms with van der Waals surface area (Å²) in [4.78, 5) is 12.7. The average molecular weight is 390 g/mol. The topological polar surface area (TPSA) is 93.7 Å². The lowest BCUT2D eigenvalue weighted by Gasteiger charge is -2.21. The molecule has 1 amide bonds. The van der Waals surface area contributed by atoms with E-state index in [9.17, 15) is 13.2 Å². The Morgan fingerprint density at radius 2 is 1.78 bits per heavy atom. The van der Waals surface area contributed by atoms with Crippen LogP contribution in [0.3, 0.4) is 0 Å². The maximum absolute atomic E-state index is 12.6. The van der Waals surface area contributed by atoms with Crippen LogP contribution in [-0.4, -0.2) is 27.2 Å². The first-order chi connectivity index (χ1) is 12.9. The Hall–Kier alpha value is -2.58. The Balaban J connectivity index is 1.67. The highest BCUT2D eigenvalue weighted by atomic mass is 32.2. The van der Waals surface area contributed by atoms with E-state index in [1.54, 1.807) is 44.2 Å². The van der Waals surface area contributed by atoms with Crippen molar-refractivity contribution >= 4 is 15.9 Å². The van der Waals surface area contributed by atoms with Gasteiger partial charge in [0.1, 0.15) is 6.04 Å². The quantitative estimate of drug-likeness (QED) is 0.755. The number of hydrogen-bond donors (Lipinski definition) is 2. The molecule has 7 nitrogen and oxygen atoms in total. The molecular formula is C19H22N2O5S. The number of ether oxygens (including phenoxy) is 2. The van der Waals surface area contributed by atoms with Crippen LogP contribution in [0.5, 0.6) is 11.5 Å². The molecule has 0 fully saturated rings. The molecule has 2 N–H and O–H groups in total. The van der Waals surface area contributed by atoms with Crippen molar-refractivity contribution in [1.29, 1.82) is 0 Å². The van der Waals surface area contributed by atoms with E-state index in [-0.39, 0.29) is 30.1 Å². The van der Waals surface area contributed by atoms with Crippen molar-refractivity contribution in [3.05, 3.63) is 54.1 Å². The number of benzene rings is 2. The zero-order valence-corrected chi connectivity index (χ0v) is 16.0. The number of sulfonamides is 1. The van der Waals surface area contributed by atoms with Gasteiger partial charge in [0.15, 0.2) is 11.5 Å². The standard InChI is InChI=1S/C19H22N2O5S/c1-13(2)18(21-27(23,24)15-6-4-3-5-7-15)19(22)20-11-14-8-9-16-17(10-14)26-12-25-16/h3-10,13,18,21H,11-12H2,1-2H3,(H,20,22)/t18-/m0/s1. The van der Waals surface area contributed by atoms with Crippen molar-refractivity contribution in [2.24, 2.45) is 5.92 Å². The van der Waals surface area contributed by atoms with Crippen molar-refractivity contribution in [3.8, 4) is 11.5 Å². The molecule has 1 atom stereocenters. The molecule has 0 spiro atoms. The highest BCUT2D eigenvalue weighted by Gasteiger charge is 2.28. The second-order valence-electron chi connectivity index (χ2n) is 6.56. The number of carbonyl (C=O) groups excluding carboxylic acids is 1. The first-order valence-electron chi connectivity index (χ1n) is 8.60. The van der Waals surface area contributed by atoms with Gasteiger partial charge in [-0.1, -0.05) is 38.1 Å². The number of amides is 1. The average Bonchev–Trinajstić information content (AvgIpc) is 3.12. The molecule has 0 unspecified atom stereocenters. The van der Waals surface area contributed by atoms with Gasteiger partial charge in [-0.25, -0.2) is 8.42 Å². The van der Waals surface area contributed by atoms with E-state index in [4.69, 9.17) is 9.47 Å². The summed E-state index contributed by atoms with van der Waals surface area (Å²) in [5.41, 5.74) is 0.834. The van der Waals surface area contributed by atoms with Gasteiger partial charge in [-0.15, -0.1) is 0 Å². The van der Waals surface area contributed by atoms with Crippen LogP contribution in [0.15, 0.2) is 53.4 Å². The lowest BCUT2D eigenvalue weighted by molar-refractivity contribution is -0.123. The third-order valence-electron chi connectivity index (χ3n) is 4.19. The van der Waals surface area contributed by atoms with Crippen LogP contribution in [0.4, 0.5) is 0 Å². The molecule has 1 aliphatic rings. The molecule has 27 heavy (non-hydrogen) atoms. The van der Waals surface area contributed by atoms with Crippen LogP contribution >= 0.6 is 0 Å². The molecular weight excluding hydrogens is 368 g/mol. The predicted molar refractivity (Wildman–Crippen MR) is 99.8 cm³/mol. The Labute approximate surface area is 158 Å². The van der Waals surface area contributed by atoms with Gasteiger partial charge in [-0.05, 0) is 35.7 Å². The Morgan fingerprint density at radius 3 is 2.48 bits per heavy atom. The smallest absolute Gasteiger partial charge is 0.241 e. The molecule has 1 heterocycles. The summed E-state index contributed by atoms with van der Waals surface area (Å²) in [6.07, 6.45) is 0. The summed E-state index contributed by atoms with van der Waals surface area (Å²) in [5, 5.41) is 2.78. The molecule has 3 rings (SSSR count). The van der Waals surface area contributed by atoms with E-state index in [1.807, 2.05) is 6.07 Å². The highest BCUT2D eigenvalue weighted by Crippen LogP contribution is 2.32. The fraction of sp³-hybridized carbons (Fsp3) is 0.316. The first kappa shape index (κ1) is 19.2. The molecule has 0 aromatic heterocycles. The largest absolute Gasteiger partial charge is 0.454 e. The van der Waals surface area contributed by atoms with Gasteiger partial charge >= 0.3 is 0 Å². The minimum absolute atomic E-state index is 0.124. The van der Waals surface area contributed by atoms with Crippen LogP contribution < -0.4 is 19.5 Å². The zero-order valence-electron chi connectivity index (χ0n) is 15.1. The molecule has 2 aromatic carbocycles. The summed E-state index contributed by atoms with van der Waals surface area (Å²) >= 11 is 0. The van der Waals surface area contributed by atoms with Crippen molar-refractivity contribution < 1.29 is 22.7 Å². The molecule has 0 bridgehead atoms. The van der Waals surface area contributed by atoms with Gasteiger partial charge in [-0.2, -0.15) is 4.72 Å². The monoisotopic (exact) mass is 390 g/mol. The second-order valence-corrected chi connectivity index (χ2v) is 8.28. The SMILES string of the molecule is CC(C)[C@H](NS(=O)(=O)c1ccccc1)C(=O)NCc1ccc2c(c1)OCO2. The summed E-state index contributed by atoms with van der Waals surface area (Å²) in [6, 6.07) is 12.5. The van der Waals surface area contributed by atoms with Gasteiger partial charge in [-0.3, -0.25) is 4.79 Å².